The number of hydrogen-bond acceptors (Lipinski definition) is 3. The van der Waals surface area contributed by atoms with Crippen molar-refractivity contribution in [3.05, 3.63) is 66.7 Å². The molecule has 0 aromatic carbocycles. The summed E-state index contributed by atoms with van der Waals surface area (Å²) in [6.45, 7) is 16.9. The highest BCUT2D eigenvalue weighted by molar-refractivity contribution is 5.69. The van der Waals surface area contributed by atoms with Gasteiger partial charge in [0, 0.05) is 29.4 Å². The van der Waals surface area contributed by atoms with Crippen LogP contribution in [0.1, 0.15) is 33.4 Å². The summed E-state index contributed by atoms with van der Waals surface area (Å²) in [5, 5.41) is 10.7. The van der Waals surface area contributed by atoms with Gasteiger partial charge in [-0.2, -0.15) is 5.10 Å². The summed E-state index contributed by atoms with van der Waals surface area (Å²) in [6.07, 6.45) is 7.43. The van der Waals surface area contributed by atoms with E-state index in [1.165, 1.54) is 0 Å². The van der Waals surface area contributed by atoms with Crippen molar-refractivity contribution in [3.8, 4) is 11.1 Å². The van der Waals surface area contributed by atoms with Gasteiger partial charge in [-0.25, -0.2) is 4.98 Å². The number of rotatable bonds is 6. The van der Waals surface area contributed by atoms with E-state index in [0.717, 1.165) is 33.8 Å². The third kappa shape index (κ3) is 4.22. The third-order valence-electron chi connectivity index (χ3n) is 3.79. The molecule has 0 aliphatic carbocycles. The van der Waals surface area contributed by atoms with Crippen LogP contribution in [0.25, 0.3) is 11.1 Å². The van der Waals surface area contributed by atoms with Gasteiger partial charge in [-0.1, -0.05) is 51.7 Å². The molecule has 0 saturated carbocycles. The zero-order chi connectivity index (χ0) is 17.7. The van der Waals surface area contributed by atoms with Crippen molar-refractivity contribution >= 4 is 5.82 Å². The Kier molecular flexibility index (Phi) is 5.39. The molecule has 126 valence electrons. The van der Waals surface area contributed by atoms with Gasteiger partial charge >= 0.3 is 0 Å². The maximum atomic E-state index is 4.41. The van der Waals surface area contributed by atoms with Crippen LogP contribution in [0.4, 0.5) is 5.82 Å². The first-order valence-corrected chi connectivity index (χ1v) is 8.04. The van der Waals surface area contributed by atoms with Gasteiger partial charge in [0.05, 0.1) is 6.20 Å². The molecular formula is C20H26N4. The largest absolute Gasteiger partial charge is 0.366 e. The average molecular weight is 322 g/mol. The topological polar surface area (TPSA) is 53.6 Å². The standard InChI is InChI=1S/C20H26N4/c1-7-8-16(14(2)3)12-22-18-11-15(9-10-21-18)17-13-23-24-19(17)20(4,5)6/h7-11,13H,1-2,12H2,3-6H3,(H,21,22)(H,23,24)/b16-8-. The lowest BCUT2D eigenvalue weighted by Crippen LogP contribution is -2.13. The van der Waals surface area contributed by atoms with Gasteiger partial charge in [0.1, 0.15) is 5.82 Å². The van der Waals surface area contributed by atoms with E-state index in [-0.39, 0.29) is 5.41 Å². The number of aromatic amines is 1. The summed E-state index contributed by atoms with van der Waals surface area (Å²) < 4.78 is 0. The minimum Gasteiger partial charge on any atom is -0.366 e. The summed E-state index contributed by atoms with van der Waals surface area (Å²) in [5.41, 5.74) is 5.45. The third-order valence-corrected chi connectivity index (χ3v) is 3.79. The Labute approximate surface area is 144 Å². The molecule has 0 aliphatic heterocycles. The first-order valence-electron chi connectivity index (χ1n) is 8.04. The van der Waals surface area contributed by atoms with E-state index in [4.69, 9.17) is 0 Å². The molecule has 0 aliphatic rings. The highest BCUT2D eigenvalue weighted by atomic mass is 15.1. The number of allylic oxidation sites excluding steroid dienone is 2. The predicted molar refractivity (Wildman–Crippen MR) is 102 cm³/mol. The fraction of sp³-hybridized carbons (Fsp3) is 0.300. The number of H-pyrrole nitrogens is 1. The minimum absolute atomic E-state index is 0.00250. The first-order chi connectivity index (χ1) is 11.3. The van der Waals surface area contributed by atoms with Crippen LogP contribution in [-0.4, -0.2) is 21.7 Å². The van der Waals surface area contributed by atoms with Gasteiger partial charge in [-0.3, -0.25) is 5.10 Å². The van der Waals surface area contributed by atoms with Crippen molar-refractivity contribution in [2.24, 2.45) is 0 Å². The van der Waals surface area contributed by atoms with Gasteiger partial charge in [0.25, 0.3) is 0 Å². The Morgan fingerprint density at radius 2 is 2.12 bits per heavy atom. The van der Waals surface area contributed by atoms with Crippen molar-refractivity contribution < 1.29 is 0 Å². The number of pyridine rings is 1. The lowest BCUT2D eigenvalue weighted by atomic mass is 9.88. The molecule has 2 aromatic rings. The van der Waals surface area contributed by atoms with Crippen molar-refractivity contribution in [2.45, 2.75) is 33.1 Å². The maximum absolute atomic E-state index is 4.41. The number of hydrogen-bond donors (Lipinski definition) is 2. The van der Waals surface area contributed by atoms with Gasteiger partial charge in [0.15, 0.2) is 0 Å². The Bertz CT molecular complexity index is 760. The molecule has 2 aromatic heterocycles. The van der Waals surface area contributed by atoms with E-state index in [1.54, 1.807) is 6.08 Å². The van der Waals surface area contributed by atoms with Gasteiger partial charge in [-0.05, 0) is 30.2 Å². The zero-order valence-electron chi connectivity index (χ0n) is 15.0. The molecule has 4 heteroatoms. The zero-order valence-corrected chi connectivity index (χ0v) is 15.0. The molecule has 0 bridgehead atoms. The summed E-state index contributed by atoms with van der Waals surface area (Å²) in [4.78, 5) is 4.41. The number of nitrogens with one attached hydrogen (secondary N) is 2. The predicted octanol–water partition coefficient (Wildman–Crippen LogP) is 4.87. The summed E-state index contributed by atoms with van der Waals surface area (Å²) in [7, 11) is 0. The van der Waals surface area contributed by atoms with E-state index in [1.807, 2.05) is 37.5 Å². The summed E-state index contributed by atoms with van der Waals surface area (Å²) in [6, 6.07) is 4.05. The van der Waals surface area contributed by atoms with E-state index in [2.05, 4.69) is 54.4 Å². The molecule has 24 heavy (non-hydrogen) atoms. The highest BCUT2D eigenvalue weighted by Crippen LogP contribution is 2.31. The molecule has 4 nitrogen and oxygen atoms in total. The van der Waals surface area contributed by atoms with Crippen LogP contribution >= 0.6 is 0 Å². The first kappa shape index (κ1) is 17.7. The average Bonchev–Trinajstić information content (AvgIpc) is 3.01. The molecule has 2 N–H and O–H groups in total. The fourth-order valence-electron chi connectivity index (χ4n) is 2.45. The Balaban J connectivity index is 2.24. The lowest BCUT2D eigenvalue weighted by Gasteiger charge is -2.18. The van der Waals surface area contributed by atoms with Crippen molar-refractivity contribution in [3.63, 3.8) is 0 Å². The summed E-state index contributed by atoms with van der Waals surface area (Å²) in [5.74, 6) is 0.824. The van der Waals surface area contributed by atoms with E-state index < -0.39 is 0 Å². The maximum Gasteiger partial charge on any atom is 0.126 e. The van der Waals surface area contributed by atoms with E-state index in [9.17, 15) is 0 Å². The highest BCUT2D eigenvalue weighted by Gasteiger charge is 2.21. The number of anilines is 1. The van der Waals surface area contributed by atoms with Gasteiger partial charge < -0.3 is 5.32 Å². The number of aromatic nitrogens is 3. The lowest BCUT2D eigenvalue weighted by molar-refractivity contribution is 0.568. The second-order valence-corrected chi connectivity index (χ2v) is 6.90. The van der Waals surface area contributed by atoms with Crippen LogP contribution in [0, 0.1) is 0 Å². The quantitative estimate of drug-likeness (QED) is 0.746. The van der Waals surface area contributed by atoms with Crippen molar-refractivity contribution in [1.82, 2.24) is 15.2 Å². The van der Waals surface area contributed by atoms with Crippen molar-refractivity contribution in [1.29, 1.82) is 0 Å². The number of nitrogens with zero attached hydrogens (tertiary/aromatic N) is 2. The molecule has 2 heterocycles. The minimum atomic E-state index is 0.00250. The van der Waals surface area contributed by atoms with Crippen LogP contribution in [0.2, 0.25) is 0 Å². The molecule has 0 saturated heterocycles. The SMILES string of the molecule is C=C/C=C(/CNc1cc(-c2cn[nH]c2C(C)(C)C)ccn1)C(=C)C. The molecule has 2 rings (SSSR count). The van der Waals surface area contributed by atoms with E-state index in [0.29, 0.717) is 6.54 Å². The van der Waals surface area contributed by atoms with Crippen LogP contribution in [-0.2, 0) is 5.41 Å². The monoisotopic (exact) mass is 322 g/mol. The Hall–Kier alpha value is -2.62. The van der Waals surface area contributed by atoms with E-state index >= 15 is 0 Å². The van der Waals surface area contributed by atoms with Gasteiger partial charge in [-0.15, -0.1) is 0 Å². The van der Waals surface area contributed by atoms with Gasteiger partial charge in [0.2, 0.25) is 0 Å². The van der Waals surface area contributed by atoms with Crippen LogP contribution in [0.5, 0.6) is 0 Å². The fourth-order valence-corrected chi connectivity index (χ4v) is 2.45. The second kappa shape index (κ2) is 7.30. The molecule has 0 radical (unpaired) electrons. The van der Waals surface area contributed by atoms with Crippen LogP contribution in [0.3, 0.4) is 0 Å². The Morgan fingerprint density at radius 3 is 2.75 bits per heavy atom. The molecule has 0 spiro atoms. The molecule has 0 unspecified atom stereocenters. The molecule has 0 fully saturated rings. The molecule has 0 amide bonds. The molecule has 0 atom stereocenters. The second-order valence-electron chi connectivity index (χ2n) is 6.90. The van der Waals surface area contributed by atoms with Crippen LogP contribution < -0.4 is 5.32 Å². The summed E-state index contributed by atoms with van der Waals surface area (Å²) >= 11 is 0. The Morgan fingerprint density at radius 1 is 1.38 bits per heavy atom. The normalized spacial score (nSPS) is 12.1. The van der Waals surface area contributed by atoms with Crippen molar-refractivity contribution in [2.75, 3.05) is 11.9 Å². The molecular weight excluding hydrogens is 296 g/mol. The van der Waals surface area contributed by atoms with Crippen LogP contribution in [0.15, 0.2) is 61.0 Å². The smallest absolute Gasteiger partial charge is 0.126 e.